The highest BCUT2D eigenvalue weighted by atomic mass is 28.4. The molecule has 3 aliphatic carbocycles. The van der Waals surface area contributed by atoms with Gasteiger partial charge in [-0.2, -0.15) is 0 Å². The molecule has 0 radical (unpaired) electrons. The van der Waals surface area contributed by atoms with Crippen LogP contribution in [0.2, 0.25) is 18.1 Å². The average molecular weight is 834 g/mol. The molecule has 7 rings (SSSR count). The molecule has 0 saturated heterocycles. The van der Waals surface area contributed by atoms with Crippen molar-refractivity contribution in [1.82, 2.24) is 19.9 Å². The molecule has 0 aliphatic heterocycles. The molecular formula is C47H59N5O7Si. The van der Waals surface area contributed by atoms with Gasteiger partial charge in [-0.3, -0.25) is 14.5 Å². The molecule has 12 nitrogen and oxygen atoms in total. The molecule has 318 valence electrons. The van der Waals surface area contributed by atoms with Crippen LogP contribution in [0, 0.1) is 11.8 Å². The first-order valence-electron chi connectivity index (χ1n) is 20.7. The fourth-order valence-electron chi connectivity index (χ4n) is 8.63. The standard InChI is InChI=1S/C47H59N5O7Si/c1-46(2,3)60(10,11)59-47-33(38(51(6)7)41-37(43(47)55)45(49-58-41)57-28-30-21-16-13-17-22-30)26-31-25-32-36(39(53)35(31)42(47)54)40(56-27-29-19-14-12-15-20-29)34(23-18-24-50(4)5)48-44(32)52(8)9/h12-23,31,33,38,53H,24-28H2,1-11H3/t31-,33-,38-,47-/m0/s1. The number of anilines is 1. The summed E-state index contributed by atoms with van der Waals surface area (Å²) in [5, 5.41) is 16.8. The van der Waals surface area contributed by atoms with Gasteiger partial charge in [0.05, 0.1) is 11.6 Å². The lowest BCUT2D eigenvalue weighted by Crippen LogP contribution is -2.68. The molecule has 4 aromatic rings. The highest BCUT2D eigenvalue weighted by molar-refractivity contribution is 6.74. The van der Waals surface area contributed by atoms with Crippen LogP contribution in [0.1, 0.15) is 77.3 Å². The zero-order valence-electron chi connectivity index (χ0n) is 36.8. The number of hydrogen-bond acceptors (Lipinski definition) is 12. The number of fused-ring (bicyclic) bond motifs is 4. The van der Waals surface area contributed by atoms with Gasteiger partial charge < -0.3 is 33.3 Å². The number of benzene rings is 2. The van der Waals surface area contributed by atoms with E-state index in [1.54, 1.807) is 0 Å². The Labute approximate surface area is 354 Å². The van der Waals surface area contributed by atoms with E-state index in [0.717, 1.165) is 16.7 Å². The minimum atomic E-state index is -2.93. The summed E-state index contributed by atoms with van der Waals surface area (Å²) in [6.07, 6.45) is 4.61. The highest BCUT2D eigenvalue weighted by Gasteiger charge is 2.69. The van der Waals surface area contributed by atoms with Gasteiger partial charge in [0.1, 0.15) is 36.0 Å². The molecule has 2 heterocycles. The molecule has 0 bridgehead atoms. The molecular weight excluding hydrogens is 775 g/mol. The van der Waals surface area contributed by atoms with Crippen molar-refractivity contribution in [3.8, 4) is 11.6 Å². The second-order valence-corrected chi connectivity index (χ2v) is 23.2. The fourth-order valence-corrected chi connectivity index (χ4v) is 10.1. The molecule has 60 heavy (non-hydrogen) atoms. The molecule has 13 heteroatoms. The Balaban J connectivity index is 1.45. The summed E-state index contributed by atoms with van der Waals surface area (Å²) in [6.45, 7) is 11.3. The first-order chi connectivity index (χ1) is 28.4. The first kappa shape index (κ1) is 43.0. The van der Waals surface area contributed by atoms with Gasteiger partial charge in [-0.05, 0) is 87.4 Å². The third-order valence-electron chi connectivity index (χ3n) is 12.5. The summed E-state index contributed by atoms with van der Waals surface area (Å²) in [5.74, 6) is -1.10. The van der Waals surface area contributed by atoms with Crippen molar-refractivity contribution in [2.45, 2.75) is 76.6 Å². The number of aromatic nitrogens is 2. The van der Waals surface area contributed by atoms with Gasteiger partial charge in [-0.25, -0.2) is 4.98 Å². The molecule has 0 spiro atoms. The Morgan fingerprint density at radius 1 is 0.900 bits per heavy atom. The summed E-state index contributed by atoms with van der Waals surface area (Å²) in [5.41, 5.74) is 1.75. The first-order valence-corrected chi connectivity index (χ1v) is 23.6. The smallest absolute Gasteiger partial charge is 0.265 e. The van der Waals surface area contributed by atoms with Crippen molar-refractivity contribution in [1.29, 1.82) is 0 Å². The molecule has 0 amide bonds. The van der Waals surface area contributed by atoms with Crippen LogP contribution < -0.4 is 14.4 Å². The number of pyridine rings is 1. The molecule has 3 aliphatic rings. The van der Waals surface area contributed by atoms with E-state index in [1.165, 1.54) is 0 Å². The average Bonchev–Trinajstić information content (AvgIpc) is 3.61. The van der Waals surface area contributed by atoms with Crippen LogP contribution in [0.5, 0.6) is 11.6 Å². The maximum atomic E-state index is 16.0. The predicted octanol–water partition coefficient (Wildman–Crippen LogP) is 8.16. The second kappa shape index (κ2) is 16.4. The van der Waals surface area contributed by atoms with Crippen molar-refractivity contribution < 1.29 is 33.1 Å². The van der Waals surface area contributed by atoms with Crippen molar-refractivity contribution in [3.05, 3.63) is 112 Å². The number of carbonyl (C=O) groups is 2. The number of carbonyl (C=O) groups excluding carboxylic acids is 2. The molecule has 1 fully saturated rings. The van der Waals surface area contributed by atoms with Gasteiger partial charge in [0.2, 0.25) is 11.6 Å². The van der Waals surface area contributed by atoms with Gasteiger partial charge in [0, 0.05) is 37.7 Å². The third-order valence-corrected chi connectivity index (χ3v) is 17.0. The van der Waals surface area contributed by atoms with E-state index in [0.29, 0.717) is 48.0 Å². The van der Waals surface area contributed by atoms with E-state index in [1.807, 2.05) is 143 Å². The molecule has 1 N–H and O–H groups in total. The van der Waals surface area contributed by atoms with Crippen LogP contribution in [0.4, 0.5) is 5.82 Å². The van der Waals surface area contributed by atoms with Crippen LogP contribution >= 0.6 is 0 Å². The number of aliphatic hydroxyl groups excluding tert-OH is 1. The van der Waals surface area contributed by atoms with Gasteiger partial charge in [0.25, 0.3) is 5.88 Å². The molecule has 2 aromatic carbocycles. The third kappa shape index (κ3) is 7.61. The SMILES string of the molecule is CN(C)CC=Cc1nc(N(C)C)c2c(c1OCc1ccccc1)C(O)=C1C(=O)[C@]3(O[Si](C)(C)C(C)(C)C)C(=O)c4c(OCc5ccccc5)noc4[C@@H](N(C)C)[C@@H]3C[C@@H]1C2. The van der Waals surface area contributed by atoms with Crippen molar-refractivity contribution >= 4 is 37.5 Å². The van der Waals surface area contributed by atoms with Gasteiger partial charge >= 0.3 is 0 Å². The number of nitrogens with zero attached hydrogens (tertiary/aromatic N) is 5. The van der Waals surface area contributed by atoms with Crippen LogP contribution in [0.3, 0.4) is 0 Å². The van der Waals surface area contributed by atoms with Gasteiger partial charge in [-0.1, -0.05) is 87.5 Å². The Kier molecular flexibility index (Phi) is 11.8. The lowest BCUT2D eigenvalue weighted by molar-refractivity contribution is -0.140. The van der Waals surface area contributed by atoms with E-state index in [4.69, 9.17) is 23.4 Å². The lowest BCUT2D eigenvalue weighted by atomic mass is 9.57. The zero-order chi connectivity index (χ0) is 43.3. The number of Topliss-reactive ketones (excluding diaryl/α,β-unsaturated/α-hetero) is 2. The summed E-state index contributed by atoms with van der Waals surface area (Å²) in [4.78, 5) is 42.8. The molecule has 4 atom stereocenters. The van der Waals surface area contributed by atoms with E-state index in [2.05, 4.69) is 25.9 Å². The number of hydrogen-bond donors (Lipinski definition) is 1. The number of rotatable bonds is 13. The quantitative estimate of drug-likeness (QED) is 0.103. The molecule has 1 saturated carbocycles. The van der Waals surface area contributed by atoms with Crippen molar-refractivity contribution in [2.75, 3.05) is 53.7 Å². The van der Waals surface area contributed by atoms with Crippen LogP contribution in [-0.2, 0) is 28.9 Å². The summed E-state index contributed by atoms with van der Waals surface area (Å²) >= 11 is 0. The Bertz CT molecular complexity index is 2310. The maximum Gasteiger partial charge on any atom is 0.265 e. The van der Waals surface area contributed by atoms with E-state index in [-0.39, 0.29) is 41.0 Å². The normalized spacial score (nSPS) is 21.6. The van der Waals surface area contributed by atoms with E-state index in [9.17, 15) is 5.11 Å². The monoisotopic (exact) mass is 833 g/mol. The minimum absolute atomic E-state index is 0.0110. The molecule has 2 aromatic heterocycles. The summed E-state index contributed by atoms with van der Waals surface area (Å²) in [7, 11) is 8.71. The van der Waals surface area contributed by atoms with Crippen LogP contribution in [0.25, 0.3) is 11.8 Å². The maximum absolute atomic E-state index is 16.0. The summed E-state index contributed by atoms with van der Waals surface area (Å²) in [6, 6.07) is 18.8. The van der Waals surface area contributed by atoms with Gasteiger partial charge in [0.15, 0.2) is 25.4 Å². The van der Waals surface area contributed by atoms with Crippen molar-refractivity contribution in [2.24, 2.45) is 11.8 Å². The predicted molar refractivity (Wildman–Crippen MR) is 236 cm³/mol. The minimum Gasteiger partial charge on any atom is -0.507 e. The van der Waals surface area contributed by atoms with E-state index < -0.39 is 43.4 Å². The topological polar surface area (TPSA) is 131 Å². The highest BCUT2D eigenvalue weighted by Crippen LogP contribution is 2.59. The van der Waals surface area contributed by atoms with E-state index >= 15 is 9.59 Å². The number of likely N-dealkylation sites (N-methyl/N-ethyl adjacent to an activating group) is 1. The Morgan fingerprint density at radius 3 is 2.08 bits per heavy atom. The molecule has 0 unspecified atom stereocenters. The zero-order valence-corrected chi connectivity index (χ0v) is 37.8. The second-order valence-electron chi connectivity index (χ2n) is 18.5. The van der Waals surface area contributed by atoms with Crippen molar-refractivity contribution in [3.63, 3.8) is 0 Å². The Hall–Kier alpha value is -5.08. The largest absolute Gasteiger partial charge is 0.507 e. The number of ether oxygens (including phenoxy) is 2. The fraction of sp³-hybridized carbons (Fsp3) is 0.447. The van der Waals surface area contributed by atoms with Crippen LogP contribution in [0.15, 0.2) is 76.8 Å². The number of aliphatic hydroxyl groups is 1. The lowest BCUT2D eigenvalue weighted by Gasteiger charge is -2.55. The van der Waals surface area contributed by atoms with Crippen LogP contribution in [-0.4, -0.2) is 99.4 Å². The Morgan fingerprint density at radius 2 is 1.52 bits per heavy atom. The summed E-state index contributed by atoms with van der Waals surface area (Å²) < 4.78 is 26.3. The van der Waals surface area contributed by atoms with Gasteiger partial charge in [-0.15, -0.1) is 0 Å². The number of ketones is 2.